The summed E-state index contributed by atoms with van der Waals surface area (Å²) in [6, 6.07) is 0. The minimum absolute atomic E-state index is 0.122. The highest BCUT2D eigenvalue weighted by molar-refractivity contribution is 7.81. The Morgan fingerprint density at radius 2 is 2.35 bits per heavy atom. The molecule has 0 saturated carbocycles. The van der Waals surface area contributed by atoms with Crippen molar-refractivity contribution >= 4 is 12.6 Å². The van der Waals surface area contributed by atoms with Crippen LogP contribution < -0.4 is 5.32 Å². The van der Waals surface area contributed by atoms with E-state index >= 15 is 0 Å². The standard InChI is InChI=1S/C15H26N2O2S/c18-8-10-19-9-2-4-13-3-1-7-17(12-13)14-5-6-16-15(20)11-14/h5-6,11,13,15-16,18,20H,1-4,7-10,12H2. The summed E-state index contributed by atoms with van der Waals surface area (Å²) >= 11 is 4.45. The van der Waals surface area contributed by atoms with Gasteiger partial charge in [-0.2, -0.15) is 12.6 Å². The second-order valence-electron chi connectivity index (χ2n) is 5.47. The van der Waals surface area contributed by atoms with Gasteiger partial charge in [0.2, 0.25) is 0 Å². The van der Waals surface area contributed by atoms with Crippen molar-refractivity contribution in [2.75, 3.05) is 32.9 Å². The van der Waals surface area contributed by atoms with Crippen molar-refractivity contribution in [3.8, 4) is 0 Å². The van der Waals surface area contributed by atoms with E-state index in [0.29, 0.717) is 6.61 Å². The number of nitrogens with zero attached hydrogens (tertiary/aromatic N) is 1. The number of rotatable bonds is 7. The molecular formula is C15H26N2O2S. The van der Waals surface area contributed by atoms with Gasteiger partial charge >= 0.3 is 0 Å². The van der Waals surface area contributed by atoms with Crippen LogP contribution in [0.4, 0.5) is 0 Å². The maximum absolute atomic E-state index is 8.66. The molecule has 4 nitrogen and oxygen atoms in total. The number of dihydropyridines is 1. The molecule has 5 heteroatoms. The first-order valence-electron chi connectivity index (χ1n) is 7.55. The van der Waals surface area contributed by atoms with Gasteiger partial charge < -0.3 is 20.1 Å². The van der Waals surface area contributed by atoms with Crippen molar-refractivity contribution in [1.29, 1.82) is 0 Å². The summed E-state index contributed by atoms with van der Waals surface area (Å²) in [5.41, 5.74) is 1.30. The summed E-state index contributed by atoms with van der Waals surface area (Å²) in [5, 5.41) is 11.9. The van der Waals surface area contributed by atoms with E-state index in [2.05, 4.69) is 35.0 Å². The second-order valence-corrected chi connectivity index (χ2v) is 6.03. The average Bonchev–Trinajstić information content (AvgIpc) is 2.47. The van der Waals surface area contributed by atoms with Gasteiger partial charge in [0.15, 0.2) is 0 Å². The lowest BCUT2D eigenvalue weighted by Crippen LogP contribution is -2.36. The van der Waals surface area contributed by atoms with Crippen molar-refractivity contribution in [2.24, 2.45) is 5.92 Å². The fraction of sp³-hybridized carbons (Fsp3) is 0.733. The van der Waals surface area contributed by atoms with Gasteiger partial charge in [0.25, 0.3) is 0 Å². The van der Waals surface area contributed by atoms with E-state index in [1.807, 2.05) is 6.20 Å². The van der Waals surface area contributed by atoms with E-state index in [0.717, 1.165) is 32.0 Å². The zero-order chi connectivity index (χ0) is 14.2. The molecule has 2 aliphatic heterocycles. The van der Waals surface area contributed by atoms with Crippen LogP contribution in [0.2, 0.25) is 0 Å². The van der Waals surface area contributed by atoms with Gasteiger partial charge in [-0.1, -0.05) is 0 Å². The second kappa shape index (κ2) is 8.60. The predicted octanol–water partition coefficient (Wildman–Crippen LogP) is 1.74. The number of piperidine rings is 1. The lowest BCUT2D eigenvalue weighted by atomic mass is 9.93. The molecule has 2 atom stereocenters. The Kier molecular flexibility index (Phi) is 6.76. The van der Waals surface area contributed by atoms with Crippen LogP contribution in [0.15, 0.2) is 24.0 Å². The highest BCUT2D eigenvalue weighted by Crippen LogP contribution is 2.25. The maximum atomic E-state index is 8.66. The van der Waals surface area contributed by atoms with Gasteiger partial charge in [0.05, 0.1) is 18.6 Å². The SMILES string of the molecule is OCCOCCCC1CCCN(C2=CC(S)NC=C2)C1. The van der Waals surface area contributed by atoms with Crippen molar-refractivity contribution in [1.82, 2.24) is 10.2 Å². The van der Waals surface area contributed by atoms with Crippen molar-refractivity contribution in [3.63, 3.8) is 0 Å². The van der Waals surface area contributed by atoms with Crippen LogP contribution in [-0.4, -0.2) is 48.3 Å². The number of hydrogen-bond donors (Lipinski definition) is 3. The van der Waals surface area contributed by atoms with E-state index in [-0.39, 0.29) is 12.0 Å². The number of likely N-dealkylation sites (tertiary alicyclic amines) is 1. The van der Waals surface area contributed by atoms with Crippen LogP contribution in [0, 0.1) is 5.92 Å². The number of allylic oxidation sites excluding steroid dienone is 1. The summed E-state index contributed by atoms with van der Waals surface area (Å²) in [6.45, 7) is 3.63. The van der Waals surface area contributed by atoms with Crippen LogP contribution in [0.1, 0.15) is 25.7 Å². The third kappa shape index (κ3) is 5.04. The first-order valence-corrected chi connectivity index (χ1v) is 8.07. The van der Waals surface area contributed by atoms with Crippen LogP contribution in [0.5, 0.6) is 0 Å². The monoisotopic (exact) mass is 298 g/mol. The molecule has 1 saturated heterocycles. The molecule has 1 fully saturated rings. The molecule has 20 heavy (non-hydrogen) atoms. The van der Waals surface area contributed by atoms with Gasteiger partial charge in [-0.05, 0) is 50.0 Å². The summed E-state index contributed by atoms with van der Waals surface area (Å²) in [5.74, 6) is 0.754. The molecule has 0 aromatic rings. The normalized spacial score (nSPS) is 26.3. The molecule has 0 aromatic carbocycles. The molecule has 2 aliphatic rings. The molecule has 2 unspecified atom stereocenters. The highest BCUT2D eigenvalue weighted by Gasteiger charge is 2.21. The Morgan fingerprint density at radius 1 is 1.45 bits per heavy atom. The van der Waals surface area contributed by atoms with E-state index in [1.54, 1.807) is 0 Å². The van der Waals surface area contributed by atoms with Crippen LogP contribution >= 0.6 is 12.6 Å². The Bertz CT molecular complexity index is 347. The molecule has 114 valence electrons. The first kappa shape index (κ1) is 15.7. The van der Waals surface area contributed by atoms with E-state index < -0.39 is 0 Å². The van der Waals surface area contributed by atoms with Gasteiger partial charge in [0, 0.05) is 25.4 Å². The lowest BCUT2D eigenvalue weighted by molar-refractivity contribution is 0.0848. The Labute approximate surface area is 127 Å². The molecule has 0 aromatic heterocycles. The molecule has 2 rings (SSSR count). The van der Waals surface area contributed by atoms with E-state index in [9.17, 15) is 0 Å². The molecule has 0 bridgehead atoms. The van der Waals surface area contributed by atoms with Gasteiger partial charge in [-0.3, -0.25) is 0 Å². The van der Waals surface area contributed by atoms with Gasteiger partial charge in [-0.25, -0.2) is 0 Å². The van der Waals surface area contributed by atoms with Crippen LogP contribution in [0.25, 0.3) is 0 Å². The zero-order valence-electron chi connectivity index (χ0n) is 12.0. The summed E-state index contributed by atoms with van der Waals surface area (Å²) < 4.78 is 5.33. The fourth-order valence-corrected chi connectivity index (χ4v) is 3.12. The Hall–Kier alpha value is -0.650. The predicted molar refractivity (Wildman–Crippen MR) is 84.6 cm³/mol. The van der Waals surface area contributed by atoms with Crippen LogP contribution in [0.3, 0.4) is 0 Å². The third-order valence-corrected chi connectivity index (χ3v) is 4.17. The molecule has 0 aliphatic carbocycles. The highest BCUT2D eigenvalue weighted by atomic mass is 32.1. The summed E-state index contributed by atoms with van der Waals surface area (Å²) in [4.78, 5) is 2.48. The number of ether oxygens (including phenoxy) is 1. The average molecular weight is 298 g/mol. The third-order valence-electron chi connectivity index (χ3n) is 3.87. The van der Waals surface area contributed by atoms with Crippen molar-refractivity contribution in [3.05, 3.63) is 24.0 Å². The van der Waals surface area contributed by atoms with Gasteiger partial charge in [-0.15, -0.1) is 0 Å². The lowest BCUT2D eigenvalue weighted by Gasteiger charge is -2.36. The number of aliphatic hydroxyl groups is 1. The van der Waals surface area contributed by atoms with Crippen molar-refractivity contribution < 1.29 is 9.84 Å². The largest absolute Gasteiger partial charge is 0.394 e. The van der Waals surface area contributed by atoms with Crippen LogP contribution in [-0.2, 0) is 4.74 Å². The van der Waals surface area contributed by atoms with Gasteiger partial charge in [0.1, 0.15) is 0 Å². The molecule has 0 spiro atoms. The van der Waals surface area contributed by atoms with E-state index in [4.69, 9.17) is 9.84 Å². The minimum Gasteiger partial charge on any atom is -0.394 e. The van der Waals surface area contributed by atoms with Crippen molar-refractivity contribution in [2.45, 2.75) is 31.1 Å². The number of thiol groups is 1. The Balaban J connectivity index is 1.73. The first-order chi connectivity index (χ1) is 9.79. The molecular weight excluding hydrogens is 272 g/mol. The fourth-order valence-electron chi connectivity index (χ4n) is 2.88. The quantitative estimate of drug-likeness (QED) is 0.495. The summed E-state index contributed by atoms with van der Waals surface area (Å²) in [7, 11) is 0. The Morgan fingerprint density at radius 3 is 3.15 bits per heavy atom. The van der Waals surface area contributed by atoms with E-state index in [1.165, 1.54) is 25.0 Å². The maximum Gasteiger partial charge on any atom is 0.0898 e. The number of nitrogens with one attached hydrogen (secondary N) is 1. The molecule has 2 N–H and O–H groups in total. The number of aliphatic hydroxyl groups excluding tert-OH is 1. The molecule has 0 amide bonds. The minimum atomic E-state index is 0.122. The zero-order valence-corrected chi connectivity index (χ0v) is 12.9. The summed E-state index contributed by atoms with van der Waals surface area (Å²) in [6.07, 6.45) is 11.2. The number of hydrogen-bond acceptors (Lipinski definition) is 5. The molecule has 2 heterocycles. The topological polar surface area (TPSA) is 44.7 Å². The smallest absolute Gasteiger partial charge is 0.0898 e. The molecule has 0 radical (unpaired) electrons.